The first kappa shape index (κ1) is 25.2. The van der Waals surface area contributed by atoms with E-state index in [1.807, 2.05) is 13.0 Å². The number of aromatic nitrogens is 1. The molecular formula is C24H24F3N3O3S2. The van der Waals surface area contributed by atoms with Gasteiger partial charge in [-0.15, -0.1) is 11.3 Å². The average molecular weight is 524 g/mol. The summed E-state index contributed by atoms with van der Waals surface area (Å²) >= 11 is 1.01. The lowest BCUT2D eigenvalue weighted by Crippen LogP contribution is -2.41. The fraction of sp³-hybridized carbons (Fsp3) is 0.292. The predicted octanol–water partition coefficient (Wildman–Crippen LogP) is 5.21. The molecule has 0 saturated carbocycles. The normalized spacial score (nSPS) is 18.2. The van der Waals surface area contributed by atoms with Crippen LogP contribution in [0.15, 0.2) is 58.9 Å². The van der Waals surface area contributed by atoms with E-state index in [1.54, 1.807) is 17.5 Å². The Kier molecular flexibility index (Phi) is 7.78. The van der Waals surface area contributed by atoms with Crippen molar-refractivity contribution in [3.05, 3.63) is 77.1 Å². The number of nitrogens with zero attached hydrogens (tertiary/aromatic N) is 1. The van der Waals surface area contributed by atoms with Crippen LogP contribution >= 0.6 is 11.3 Å². The lowest BCUT2D eigenvalue weighted by molar-refractivity contribution is 0.227. The highest BCUT2D eigenvalue weighted by atomic mass is 32.2. The summed E-state index contributed by atoms with van der Waals surface area (Å²) in [5.74, 6) is -3.11. The zero-order valence-corrected chi connectivity index (χ0v) is 20.4. The average Bonchev–Trinajstić information content (AvgIpc) is 3.33. The second-order valence-electron chi connectivity index (χ2n) is 7.98. The summed E-state index contributed by atoms with van der Waals surface area (Å²) in [7, 11) is -4.38. The molecule has 0 bridgehead atoms. The van der Waals surface area contributed by atoms with Crippen molar-refractivity contribution < 1.29 is 26.3 Å². The van der Waals surface area contributed by atoms with E-state index in [9.17, 15) is 21.6 Å². The Morgan fingerprint density at radius 2 is 1.91 bits per heavy atom. The number of benzene rings is 2. The number of rotatable bonds is 9. The van der Waals surface area contributed by atoms with Crippen LogP contribution in [0, 0.1) is 23.4 Å². The maximum Gasteiger partial charge on any atom is 0.266 e. The van der Waals surface area contributed by atoms with Gasteiger partial charge >= 0.3 is 0 Å². The Hall–Kier alpha value is -2.89. The van der Waals surface area contributed by atoms with Gasteiger partial charge < -0.3 is 10.1 Å². The van der Waals surface area contributed by atoms with Gasteiger partial charge in [0.15, 0.2) is 16.7 Å². The van der Waals surface area contributed by atoms with E-state index in [2.05, 4.69) is 15.0 Å². The van der Waals surface area contributed by atoms with Crippen LogP contribution in [0.2, 0.25) is 0 Å². The van der Waals surface area contributed by atoms with E-state index < -0.39 is 32.3 Å². The van der Waals surface area contributed by atoms with Crippen LogP contribution < -0.4 is 14.8 Å². The molecule has 4 rings (SSSR count). The van der Waals surface area contributed by atoms with Crippen molar-refractivity contribution in [2.45, 2.75) is 30.7 Å². The van der Waals surface area contributed by atoms with E-state index in [0.717, 1.165) is 41.4 Å². The second kappa shape index (κ2) is 10.8. The van der Waals surface area contributed by atoms with Gasteiger partial charge in [0.05, 0.1) is 6.61 Å². The van der Waals surface area contributed by atoms with Crippen LogP contribution in [0.25, 0.3) is 5.57 Å². The van der Waals surface area contributed by atoms with Gasteiger partial charge in [0, 0.05) is 35.7 Å². The van der Waals surface area contributed by atoms with Crippen LogP contribution in [0.1, 0.15) is 25.3 Å². The molecule has 35 heavy (non-hydrogen) atoms. The molecule has 0 radical (unpaired) electrons. The van der Waals surface area contributed by atoms with Crippen molar-refractivity contribution in [1.29, 1.82) is 0 Å². The first-order valence-corrected chi connectivity index (χ1v) is 13.4. The molecule has 0 aliphatic heterocycles. The van der Waals surface area contributed by atoms with E-state index >= 15 is 0 Å². The number of sulfonamides is 1. The van der Waals surface area contributed by atoms with Gasteiger partial charge in [0.2, 0.25) is 0 Å². The fourth-order valence-electron chi connectivity index (χ4n) is 4.12. The number of halogens is 3. The van der Waals surface area contributed by atoms with Gasteiger partial charge in [-0.05, 0) is 42.7 Å². The minimum atomic E-state index is -4.38. The topological polar surface area (TPSA) is 80.3 Å². The minimum absolute atomic E-state index is 0.0140. The quantitative estimate of drug-likeness (QED) is 0.403. The fourth-order valence-corrected chi connectivity index (χ4v) is 5.99. The third-order valence-electron chi connectivity index (χ3n) is 5.72. The number of allylic oxidation sites excluding steroid dienone is 1. The van der Waals surface area contributed by atoms with Gasteiger partial charge in [-0.1, -0.05) is 25.1 Å². The Balaban J connectivity index is 1.56. The third-order valence-corrected chi connectivity index (χ3v) is 7.89. The van der Waals surface area contributed by atoms with E-state index in [0.29, 0.717) is 12.6 Å². The molecule has 1 aromatic heterocycles. The molecule has 11 heteroatoms. The molecule has 1 heterocycles. The Labute approximate surface area is 205 Å². The Bertz CT molecular complexity index is 1300. The van der Waals surface area contributed by atoms with Gasteiger partial charge in [-0.25, -0.2) is 26.6 Å². The van der Waals surface area contributed by atoms with Crippen molar-refractivity contribution >= 4 is 32.1 Å². The summed E-state index contributed by atoms with van der Waals surface area (Å²) in [4.78, 5) is 2.95. The lowest BCUT2D eigenvalue weighted by atomic mass is 9.80. The zero-order chi connectivity index (χ0) is 25.0. The third kappa shape index (κ3) is 5.85. The molecule has 1 aliphatic rings. The van der Waals surface area contributed by atoms with Crippen molar-refractivity contribution in [3.8, 4) is 5.75 Å². The molecule has 0 amide bonds. The van der Waals surface area contributed by atoms with Gasteiger partial charge in [0.25, 0.3) is 10.0 Å². The van der Waals surface area contributed by atoms with Crippen LogP contribution in [-0.4, -0.2) is 32.6 Å². The highest BCUT2D eigenvalue weighted by Gasteiger charge is 2.30. The maximum atomic E-state index is 14.8. The van der Waals surface area contributed by atoms with Crippen LogP contribution in [-0.2, 0) is 10.0 Å². The largest absolute Gasteiger partial charge is 0.490 e. The summed E-state index contributed by atoms with van der Waals surface area (Å²) in [6.45, 7) is 2.70. The van der Waals surface area contributed by atoms with E-state index in [-0.39, 0.29) is 29.5 Å². The zero-order valence-electron chi connectivity index (χ0n) is 18.8. The smallest absolute Gasteiger partial charge is 0.266 e. The molecular weight excluding hydrogens is 499 g/mol. The highest BCUT2D eigenvalue weighted by Crippen LogP contribution is 2.35. The van der Waals surface area contributed by atoms with Crippen molar-refractivity contribution in [3.63, 3.8) is 0 Å². The van der Waals surface area contributed by atoms with Gasteiger partial charge in [-0.2, -0.15) is 0 Å². The summed E-state index contributed by atoms with van der Waals surface area (Å²) < 4.78 is 75.8. The number of hydrogen-bond acceptors (Lipinski definition) is 6. The maximum absolute atomic E-state index is 14.8. The molecule has 186 valence electrons. The summed E-state index contributed by atoms with van der Waals surface area (Å²) in [5.41, 5.74) is 1.75. The van der Waals surface area contributed by atoms with E-state index in [1.165, 1.54) is 18.3 Å². The van der Waals surface area contributed by atoms with Crippen molar-refractivity contribution in [2.75, 3.05) is 17.9 Å². The van der Waals surface area contributed by atoms with E-state index in [4.69, 9.17) is 4.74 Å². The lowest BCUT2D eigenvalue weighted by Gasteiger charge is -2.33. The molecule has 2 N–H and O–H groups in total. The summed E-state index contributed by atoms with van der Waals surface area (Å²) in [6.07, 6.45) is 5.06. The first-order chi connectivity index (χ1) is 16.8. The number of nitrogens with one attached hydrogen (secondary N) is 2. The summed E-state index contributed by atoms with van der Waals surface area (Å²) in [6, 6.07) is 7.45. The molecule has 1 aliphatic carbocycles. The summed E-state index contributed by atoms with van der Waals surface area (Å²) in [5, 5.41) is 4.99. The van der Waals surface area contributed by atoms with Crippen molar-refractivity contribution in [2.24, 2.45) is 5.92 Å². The SMILES string of the molecule is CCN[C@@H]1CCC=C(c2ccc(F)cc2)C1COc1cc(F)c(S(=O)(=O)Nc2nccs2)cc1F. The Morgan fingerprint density at radius 1 is 1.14 bits per heavy atom. The van der Waals surface area contributed by atoms with Crippen molar-refractivity contribution in [1.82, 2.24) is 10.3 Å². The van der Waals surface area contributed by atoms with Crippen LogP contribution in [0.5, 0.6) is 5.75 Å². The highest BCUT2D eigenvalue weighted by molar-refractivity contribution is 7.93. The monoisotopic (exact) mass is 523 g/mol. The molecule has 2 atom stereocenters. The predicted molar refractivity (Wildman–Crippen MR) is 129 cm³/mol. The molecule has 0 spiro atoms. The van der Waals surface area contributed by atoms with Crippen LogP contribution in [0.3, 0.4) is 0 Å². The first-order valence-electron chi connectivity index (χ1n) is 11.0. The molecule has 1 unspecified atom stereocenters. The van der Waals surface area contributed by atoms with Gasteiger partial charge in [-0.3, -0.25) is 4.72 Å². The minimum Gasteiger partial charge on any atom is -0.490 e. The number of anilines is 1. The van der Waals surface area contributed by atoms with Gasteiger partial charge in [0.1, 0.15) is 16.5 Å². The number of hydrogen-bond donors (Lipinski definition) is 2. The second-order valence-corrected chi connectivity index (χ2v) is 10.5. The van der Waals surface area contributed by atoms with Crippen LogP contribution in [0.4, 0.5) is 18.3 Å². The Morgan fingerprint density at radius 3 is 2.60 bits per heavy atom. The number of ether oxygens (including phenoxy) is 1. The number of thiazole rings is 1. The molecule has 0 saturated heterocycles. The standard InChI is InChI=1S/C24H24F3N3O3S2/c1-2-28-21-5-3-4-17(15-6-8-16(25)9-7-15)18(21)14-33-22-12-20(27)23(13-19(22)26)35(31,32)30-24-29-10-11-34-24/h4,6-13,18,21,28H,2-3,5,14H2,1H3,(H,29,30)/t18?,21-/m1/s1. The molecule has 6 nitrogen and oxygen atoms in total. The molecule has 0 fully saturated rings. The molecule has 3 aromatic rings. The molecule has 2 aromatic carbocycles.